The molecule has 0 heterocycles. The molecule has 1 rings (SSSR count). The van der Waals surface area contributed by atoms with Crippen molar-refractivity contribution in [3.05, 3.63) is 0 Å². The lowest BCUT2D eigenvalue weighted by molar-refractivity contribution is 0.249. The summed E-state index contributed by atoms with van der Waals surface area (Å²) >= 11 is 5.44. The molecule has 0 bridgehead atoms. The van der Waals surface area contributed by atoms with Gasteiger partial charge in [-0.1, -0.05) is 19.3 Å². The van der Waals surface area contributed by atoms with Gasteiger partial charge >= 0.3 is 0 Å². The summed E-state index contributed by atoms with van der Waals surface area (Å²) in [5.41, 5.74) is 0. The third-order valence-electron chi connectivity index (χ3n) is 2.54. The quantitative estimate of drug-likeness (QED) is 0.734. The number of rotatable bonds is 6. The second-order valence-corrected chi connectivity index (χ2v) is 7.01. The molecule has 15 heavy (non-hydrogen) atoms. The van der Waals surface area contributed by atoms with Crippen LogP contribution in [0.1, 0.15) is 46.0 Å². The minimum absolute atomic E-state index is 0.502. The largest absolute Gasteiger partial charge is 0.318 e. The van der Waals surface area contributed by atoms with Crippen molar-refractivity contribution in [2.45, 2.75) is 52.0 Å². The second-order valence-electron chi connectivity index (χ2n) is 3.80. The Labute approximate surface area is 98.1 Å². The average Bonchev–Trinajstić information content (AvgIpc) is 2.19. The Morgan fingerprint density at radius 2 is 1.67 bits per heavy atom. The van der Waals surface area contributed by atoms with E-state index < -0.39 is 6.64 Å². The van der Waals surface area contributed by atoms with E-state index in [9.17, 15) is 0 Å². The molecule has 0 amide bonds. The Morgan fingerprint density at radius 3 is 2.13 bits per heavy atom. The molecule has 0 radical (unpaired) electrons. The van der Waals surface area contributed by atoms with Gasteiger partial charge in [-0.3, -0.25) is 0 Å². The van der Waals surface area contributed by atoms with Crippen LogP contribution in [0, 0.1) is 0 Å². The van der Waals surface area contributed by atoms with E-state index >= 15 is 0 Å². The van der Waals surface area contributed by atoms with Gasteiger partial charge in [0.25, 0.3) is 6.64 Å². The summed E-state index contributed by atoms with van der Waals surface area (Å²) < 4.78 is 11.1. The molecule has 5 heteroatoms. The van der Waals surface area contributed by atoms with Crippen LogP contribution in [0.5, 0.6) is 0 Å². The number of hydrogen-bond acceptors (Lipinski definition) is 3. The highest BCUT2D eigenvalue weighted by Crippen LogP contribution is 2.45. The molecular weight excluding hydrogens is 229 g/mol. The topological polar surface area (TPSA) is 30.5 Å². The predicted molar refractivity (Wildman–Crippen MR) is 67.5 cm³/mol. The van der Waals surface area contributed by atoms with Crippen LogP contribution in [-0.4, -0.2) is 19.3 Å². The molecule has 0 atom stereocenters. The lowest BCUT2D eigenvalue weighted by atomic mass is 9.96. The Kier molecular flexibility index (Phi) is 6.32. The van der Waals surface area contributed by atoms with Crippen LogP contribution < -0.4 is 5.09 Å². The van der Waals surface area contributed by atoms with Gasteiger partial charge in [0, 0.05) is 6.04 Å². The van der Waals surface area contributed by atoms with Crippen LogP contribution in [0.15, 0.2) is 0 Å². The molecule has 3 nitrogen and oxygen atoms in total. The van der Waals surface area contributed by atoms with Crippen molar-refractivity contribution in [2.75, 3.05) is 13.2 Å². The summed E-state index contributed by atoms with van der Waals surface area (Å²) in [5.74, 6) is 0. The summed E-state index contributed by atoms with van der Waals surface area (Å²) in [6.45, 7) is 2.96. The third kappa shape index (κ3) is 4.92. The van der Waals surface area contributed by atoms with Crippen LogP contribution in [0.3, 0.4) is 0 Å². The molecule has 0 aromatic carbocycles. The van der Waals surface area contributed by atoms with Gasteiger partial charge in [-0.25, -0.2) is 5.09 Å². The zero-order chi connectivity index (χ0) is 11.1. The fourth-order valence-electron chi connectivity index (χ4n) is 1.91. The molecular formula is C10H22NO2PS. The van der Waals surface area contributed by atoms with Gasteiger partial charge in [0.15, 0.2) is 0 Å². The fraction of sp³-hybridized carbons (Fsp3) is 1.00. The smallest absolute Gasteiger partial charge is 0.261 e. The van der Waals surface area contributed by atoms with E-state index in [1.165, 1.54) is 32.1 Å². The lowest BCUT2D eigenvalue weighted by Crippen LogP contribution is -2.30. The summed E-state index contributed by atoms with van der Waals surface area (Å²) in [7, 11) is 0. The molecule has 0 saturated heterocycles. The molecule has 1 aliphatic carbocycles. The molecule has 0 spiro atoms. The highest BCUT2D eigenvalue weighted by molar-refractivity contribution is 8.09. The number of hydrogen-bond donors (Lipinski definition) is 1. The van der Waals surface area contributed by atoms with E-state index in [1.807, 2.05) is 13.8 Å². The highest BCUT2D eigenvalue weighted by atomic mass is 32.5. The summed E-state index contributed by atoms with van der Waals surface area (Å²) in [6, 6.07) is 0.502. The van der Waals surface area contributed by atoms with Gasteiger partial charge in [-0.2, -0.15) is 0 Å². The average molecular weight is 251 g/mol. The van der Waals surface area contributed by atoms with E-state index in [1.54, 1.807) is 0 Å². The summed E-state index contributed by atoms with van der Waals surface area (Å²) in [6.07, 6.45) is 6.36. The molecule has 1 saturated carbocycles. The SMILES string of the molecule is CCOP(=S)(NC1CCCCC1)OCC. The van der Waals surface area contributed by atoms with Crippen LogP contribution in [0.4, 0.5) is 0 Å². The molecule has 1 N–H and O–H groups in total. The van der Waals surface area contributed by atoms with Crippen LogP contribution in [0.25, 0.3) is 0 Å². The first kappa shape index (κ1) is 13.6. The van der Waals surface area contributed by atoms with Crippen molar-refractivity contribution in [1.29, 1.82) is 0 Å². The zero-order valence-electron chi connectivity index (χ0n) is 9.70. The van der Waals surface area contributed by atoms with Gasteiger partial charge in [-0.15, -0.1) is 0 Å². The van der Waals surface area contributed by atoms with Crippen molar-refractivity contribution in [2.24, 2.45) is 0 Å². The van der Waals surface area contributed by atoms with Gasteiger partial charge in [0.2, 0.25) is 0 Å². The Hall–Kier alpha value is 0.530. The first-order chi connectivity index (χ1) is 7.20. The Morgan fingerprint density at radius 1 is 1.13 bits per heavy atom. The van der Waals surface area contributed by atoms with E-state index in [0.717, 1.165) is 0 Å². The molecule has 1 aliphatic rings. The van der Waals surface area contributed by atoms with Crippen molar-refractivity contribution >= 4 is 18.4 Å². The summed E-state index contributed by atoms with van der Waals surface area (Å²) in [5, 5.41) is 3.42. The normalized spacial score (nSPS) is 19.3. The minimum Gasteiger partial charge on any atom is -0.318 e. The van der Waals surface area contributed by atoms with Crippen LogP contribution >= 0.6 is 6.64 Å². The predicted octanol–water partition coefficient (Wildman–Crippen LogP) is 3.21. The minimum atomic E-state index is -2.20. The molecule has 0 aromatic rings. The first-order valence-corrected chi connectivity index (χ1v) is 8.51. The maximum absolute atomic E-state index is 5.57. The highest BCUT2D eigenvalue weighted by Gasteiger charge is 2.23. The van der Waals surface area contributed by atoms with Gasteiger partial charge in [0.05, 0.1) is 13.2 Å². The van der Waals surface area contributed by atoms with E-state index in [4.69, 9.17) is 20.9 Å². The molecule has 0 aliphatic heterocycles. The first-order valence-electron chi connectivity index (χ1n) is 5.87. The Bertz CT molecular complexity index is 209. The molecule has 0 aromatic heterocycles. The maximum Gasteiger partial charge on any atom is 0.261 e. The van der Waals surface area contributed by atoms with Crippen molar-refractivity contribution in [1.82, 2.24) is 5.09 Å². The van der Waals surface area contributed by atoms with Crippen LogP contribution in [-0.2, 0) is 20.9 Å². The molecule has 0 unspecified atom stereocenters. The molecule has 90 valence electrons. The number of nitrogens with one attached hydrogen (secondary N) is 1. The monoisotopic (exact) mass is 251 g/mol. The fourth-order valence-corrected chi connectivity index (χ4v) is 4.60. The van der Waals surface area contributed by atoms with Crippen molar-refractivity contribution < 1.29 is 9.05 Å². The van der Waals surface area contributed by atoms with Crippen molar-refractivity contribution in [3.8, 4) is 0 Å². The van der Waals surface area contributed by atoms with Gasteiger partial charge in [0.1, 0.15) is 0 Å². The van der Waals surface area contributed by atoms with Crippen molar-refractivity contribution in [3.63, 3.8) is 0 Å². The van der Waals surface area contributed by atoms with E-state index in [2.05, 4.69) is 5.09 Å². The second kappa shape index (κ2) is 6.97. The van der Waals surface area contributed by atoms with E-state index in [0.29, 0.717) is 19.3 Å². The Balaban J connectivity index is 2.45. The molecule has 1 fully saturated rings. The lowest BCUT2D eigenvalue weighted by Gasteiger charge is -2.29. The summed E-state index contributed by atoms with van der Waals surface area (Å²) in [4.78, 5) is 0. The van der Waals surface area contributed by atoms with E-state index in [-0.39, 0.29) is 0 Å². The zero-order valence-corrected chi connectivity index (χ0v) is 11.4. The van der Waals surface area contributed by atoms with Gasteiger partial charge in [-0.05, 0) is 38.5 Å². The standard InChI is InChI=1S/C10H22NO2PS/c1-3-12-14(15,13-4-2)11-10-8-6-5-7-9-10/h10H,3-9H2,1-2H3,(H,11,15). The maximum atomic E-state index is 5.57. The van der Waals surface area contributed by atoms with Gasteiger partial charge < -0.3 is 9.05 Å². The third-order valence-corrected chi connectivity index (χ3v) is 5.37. The van der Waals surface area contributed by atoms with Crippen LogP contribution in [0.2, 0.25) is 0 Å².